The largest absolute Gasteiger partial charge is 0.507 e. The first-order valence-corrected chi connectivity index (χ1v) is 12.3. The Balaban J connectivity index is 1.53. The number of amides is 3. The van der Waals surface area contributed by atoms with E-state index >= 15 is 0 Å². The highest BCUT2D eigenvalue weighted by molar-refractivity contribution is 8.18. The molecule has 190 valence electrons. The van der Waals surface area contributed by atoms with Gasteiger partial charge in [-0.25, -0.2) is 0 Å². The summed E-state index contributed by atoms with van der Waals surface area (Å²) < 4.78 is 10.4. The van der Waals surface area contributed by atoms with Gasteiger partial charge in [0.2, 0.25) is 0 Å². The van der Waals surface area contributed by atoms with E-state index in [2.05, 4.69) is 5.32 Å². The van der Waals surface area contributed by atoms with Gasteiger partial charge < -0.3 is 19.9 Å². The van der Waals surface area contributed by atoms with Gasteiger partial charge in [0.15, 0.2) is 11.5 Å². The second kappa shape index (κ2) is 11.2. The number of phenolic OH excluding ortho intramolecular Hbond substituents is 1. The molecule has 0 unspecified atom stereocenters. The van der Waals surface area contributed by atoms with Crippen LogP contribution < -0.4 is 14.8 Å². The number of anilines is 1. The third-order valence-electron chi connectivity index (χ3n) is 5.40. The van der Waals surface area contributed by atoms with E-state index in [0.29, 0.717) is 38.4 Å². The van der Waals surface area contributed by atoms with E-state index in [9.17, 15) is 19.5 Å². The molecule has 37 heavy (non-hydrogen) atoms. The normalized spacial score (nSPS) is 14.3. The minimum Gasteiger partial charge on any atom is -0.507 e. The smallest absolute Gasteiger partial charge is 0.293 e. The van der Waals surface area contributed by atoms with Gasteiger partial charge in [-0.15, -0.1) is 0 Å². The van der Waals surface area contributed by atoms with Crippen molar-refractivity contribution < 1.29 is 29.0 Å². The molecule has 1 fully saturated rings. The van der Waals surface area contributed by atoms with Gasteiger partial charge in [-0.1, -0.05) is 35.3 Å². The third-order valence-corrected chi connectivity index (χ3v) is 7.05. The number of benzene rings is 3. The molecule has 4 rings (SSSR count). The van der Waals surface area contributed by atoms with Crippen LogP contribution in [0.25, 0.3) is 6.08 Å². The number of carbonyl (C=O) groups excluding carboxylic acids is 3. The summed E-state index contributed by atoms with van der Waals surface area (Å²) in [5.74, 6) is -0.380. The number of carbonyl (C=O) groups is 3. The Morgan fingerprint density at radius 3 is 2.46 bits per heavy atom. The van der Waals surface area contributed by atoms with Crippen molar-refractivity contribution in [1.29, 1.82) is 0 Å². The minimum absolute atomic E-state index is 0.0152. The van der Waals surface area contributed by atoms with E-state index < -0.39 is 17.1 Å². The summed E-state index contributed by atoms with van der Waals surface area (Å²) in [4.78, 5) is 39.6. The minimum atomic E-state index is -0.576. The van der Waals surface area contributed by atoms with Crippen LogP contribution in [0.3, 0.4) is 0 Å². The van der Waals surface area contributed by atoms with Gasteiger partial charge in [0.1, 0.15) is 5.75 Å². The van der Waals surface area contributed by atoms with Crippen molar-refractivity contribution in [3.05, 3.63) is 86.2 Å². The molecule has 3 aromatic carbocycles. The topological polar surface area (TPSA) is 105 Å². The molecule has 0 spiro atoms. The van der Waals surface area contributed by atoms with Gasteiger partial charge in [-0.05, 0) is 65.4 Å². The summed E-state index contributed by atoms with van der Waals surface area (Å²) in [6.07, 6.45) is 1.49. The van der Waals surface area contributed by atoms with Crippen LogP contribution >= 0.6 is 35.0 Å². The first kappa shape index (κ1) is 26.4. The van der Waals surface area contributed by atoms with Gasteiger partial charge in [0.25, 0.3) is 17.1 Å². The molecule has 1 heterocycles. The van der Waals surface area contributed by atoms with E-state index in [-0.39, 0.29) is 22.8 Å². The number of halogens is 2. The van der Waals surface area contributed by atoms with Crippen molar-refractivity contribution in [1.82, 2.24) is 4.90 Å². The fourth-order valence-corrected chi connectivity index (χ4v) is 4.70. The molecule has 3 amide bonds. The van der Waals surface area contributed by atoms with Crippen LogP contribution in [0.2, 0.25) is 10.0 Å². The predicted octanol–water partition coefficient (Wildman–Crippen LogP) is 6.21. The van der Waals surface area contributed by atoms with Crippen LogP contribution in [-0.2, 0) is 11.3 Å². The molecule has 0 atom stereocenters. The zero-order valence-electron chi connectivity index (χ0n) is 19.6. The Kier molecular flexibility index (Phi) is 7.97. The summed E-state index contributed by atoms with van der Waals surface area (Å²) in [6, 6.07) is 14.0. The second-order valence-corrected chi connectivity index (χ2v) is 9.62. The summed E-state index contributed by atoms with van der Waals surface area (Å²) in [5, 5.41) is 13.2. The number of ether oxygens (including phenoxy) is 2. The number of imide groups is 1. The molecule has 2 N–H and O–H groups in total. The van der Waals surface area contributed by atoms with Crippen LogP contribution in [0.5, 0.6) is 17.2 Å². The molecule has 0 radical (unpaired) electrons. The lowest BCUT2D eigenvalue weighted by Crippen LogP contribution is -2.27. The third kappa shape index (κ3) is 5.85. The molecular formula is C26H20Cl2N2O6S. The number of hydrogen-bond donors (Lipinski definition) is 2. The van der Waals surface area contributed by atoms with Crippen LogP contribution in [0.1, 0.15) is 21.5 Å². The Labute approximate surface area is 226 Å². The Morgan fingerprint density at radius 2 is 1.76 bits per heavy atom. The molecule has 0 aromatic heterocycles. The van der Waals surface area contributed by atoms with Crippen molar-refractivity contribution in [2.24, 2.45) is 0 Å². The highest BCUT2D eigenvalue weighted by Crippen LogP contribution is 2.35. The number of rotatable bonds is 7. The lowest BCUT2D eigenvalue weighted by atomic mass is 10.1. The van der Waals surface area contributed by atoms with Crippen LogP contribution in [0.4, 0.5) is 10.5 Å². The van der Waals surface area contributed by atoms with Crippen molar-refractivity contribution in [2.45, 2.75) is 6.54 Å². The number of thioether (sulfide) groups is 1. The molecule has 8 nitrogen and oxygen atoms in total. The number of aromatic hydroxyl groups is 1. The molecule has 3 aromatic rings. The molecule has 0 saturated carbocycles. The van der Waals surface area contributed by atoms with Crippen molar-refractivity contribution in [2.75, 3.05) is 19.5 Å². The van der Waals surface area contributed by atoms with Gasteiger partial charge in [0, 0.05) is 11.8 Å². The van der Waals surface area contributed by atoms with E-state index in [0.717, 1.165) is 16.7 Å². The van der Waals surface area contributed by atoms with Crippen molar-refractivity contribution >= 4 is 63.8 Å². The summed E-state index contributed by atoms with van der Waals surface area (Å²) in [5.41, 5.74) is 1.52. The predicted molar refractivity (Wildman–Crippen MR) is 144 cm³/mol. The number of hydrogen-bond acceptors (Lipinski definition) is 7. The molecule has 11 heteroatoms. The fraction of sp³-hybridized carbons (Fsp3) is 0.115. The number of nitrogens with zero attached hydrogens (tertiary/aromatic N) is 1. The zero-order chi connectivity index (χ0) is 26.7. The summed E-state index contributed by atoms with van der Waals surface area (Å²) in [7, 11) is 2.98. The number of phenols is 1. The first-order chi connectivity index (χ1) is 17.7. The maximum Gasteiger partial charge on any atom is 0.293 e. The van der Waals surface area contributed by atoms with E-state index in [1.54, 1.807) is 36.4 Å². The van der Waals surface area contributed by atoms with Crippen molar-refractivity contribution in [3.63, 3.8) is 0 Å². The highest BCUT2D eigenvalue weighted by atomic mass is 35.5. The van der Waals surface area contributed by atoms with Crippen LogP contribution in [0.15, 0.2) is 59.5 Å². The molecule has 1 aliphatic rings. The second-order valence-electron chi connectivity index (χ2n) is 7.82. The lowest BCUT2D eigenvalue weighted by Gasteiger charge is -2.13. The standard InChI is InChI=1S/C26H20Cl2N2O6S/c1-35-21-8-5-16(12-22(21)36-2)29-24(32)17-9-14(4-7-20(17)31)11-23-25(33)30(26(34)37-23)13-15-3-6-18(27)19(28)10-15/h3-12,31H,13H2,1-2H3,(H,29,32)/b23-11+. The van der Waals surface area contributed by atoms with E-state index in [1.807, 2.05) is 0 Å². The summed E-state index contributed by atoms with van der Waals surface area (Å²) in [6.45, 7) is 0.0352. The average Bonchev–Trinajstić information content (AvgIpc) is 3.14. The maximum atomic E-state index is 12.9. The molecule has 0 bridgehead atoms. The SMILES string of the molecule is COc1ccc(NC(=O)c2cc(/C=C3/SC(=O)N(Cc4ccc(Cl)c(Cl)c4)C3=O)ccc2O)cc1OC. The quantitative estimate of drug-likeness (QED) is 0.332. The molecule has 1 aliphatic heterocycles. The lowest BCUT2D eigenvalue weighted by molar-refractivity contribution is -0.123. The highest BCUT2D eigenvalue weighted by Gasteiger charge is 2.35. The number of methoxy groups -OCH3 is 2. The van der Waals surface area contributed by atoms with Gasteiger partial charge >= 0.3 is 0 Å². The van der Waals surface area contributed by atoms with Crippen LogP contribution in [0, 0.1) is 0 Å². The Morgan fingerprint density at radius 1 is 1.00 bits per heavy atom. The van der Waals surface area contributed by atoms with Gasteiger partial charge in [-0.2, -0.15) is 0 Å². The van der Waals surface area contributed by atoms with Crippen LogP contribution in [-0.4, -0.2) is 41.3 Å². The van der Waals surface area contributed by atoms with Gasteiger partial charge in [0.05, 0.1) is 41.3 Å². The van der Waals surface area contributed by atoms with E-state index in [1.165, 1.54) is 38.5 Å². The fourth-order valence-electron chi connectivity index (χ4n) is 3.55. The summed E-state index contributed by atoms with van der Waals surface area (Å²) >= 11 is 12.8. The molecule has 1 saturated heterocycles. The molecule has 0 aliphatic carbocycles. The monoisotopic (exact) mass is 558 g/mol. The van der Waals surface area contributed by atoms with Gasteiger partial charge in [-0.3, -0.25) is 19.3 Å². The van der Waals surface area contributed by atoms with Crippen molar-refractivity contribution in [3.8, 4) is 17.2 Å². The first-order valence-electron chi connectivity index (χ1n) is 10.8. The zero-order valence-corrected chi connectivity index (χ0v) is 21.9. The Hall–Kier alpha value is -3.66. The maximum absolute atomic E-state index is 12.9. The van der Waals surface area contributed by atoms with E-state index in [4.69, 9.17) is 32.7 Å². The number of nitrogens with one attached hydrogen (secondary N) is 1. The average molecular weight is 559 g/mol. The molecular weight excluding hydrogens is 539 g/mol. The Bertz CT molecular complexity index is 1440.